The number of aryl methyl sites for hydroxylation is 1. The van der Waals surface area contributed by atoms with E-state index in [0.717, 1.165) is 18.4 Å². The number of hydrogen-bond donors (Lipinski definition) is 2. The van der Waals surface area contributed by atoms with Gasteiger partial charge in [-0.1, -0.05) is 26.3 Å². The van der Waals surface area contributed by atoms with Crippen molar-refractivity contribution in [3.05, 3.63) is 23.8 Å². The van der Waals surface area contributed by atoms with Gasteiger partial charge in [-0.15, -0.1) is 0 Å². The molecule has 1 unspecified atom stereocenters. The molecule has 0 radical (unpaired) electrons. The van der Waals surface area contributed by atoms with Crippen molar-refractivity contribution in [3.63, 3.8) is 0 Å². The van der Waals surface area contributed by atoms with Crippen LogP contribution in [-0.2, 0) is 4.79 Å². The highest BCUT2D eigenvalue weighted by Gasteiger charge is 2.12. The van der Waals surface area contributed by atoms with Gasteiger partial charge in [-0.05, 0) is 31.0 Å². The van der Waals surface area contributed by atoms with Crippen molar-refractivity contribution in [1.29, 1.82) is 0 Å². The number of benzene rings is 1. The second-order valence-corrected chi connectivity index (χ2v) is 4.27. The van der Waals surface area contributed by atoms with Gasteiger partial charge in [-0.25, -0.2) is 0 Å². The Kier molecular flexibility index (Phi) is 4.35. The van der Waals surface area contributed by atoms with Crippen LogP contribution in [0.25, 0.3) is 0 Å². The Balaban J connectivity index is 2.69. The van der Waals surface area contributed by atoms with E-state index in [1.54, 1.807) is 0 Å². The fraction of sp³-hybridized carbons (Fsp3) is 0.462. The predicted octanol–water partition coefficient (Wildman–Crippen LogP) is 2.95. The highest BCUT2D eigenvalue weighted by Crippen LogP contribution is 2.20. The molecular formula is C13H20N2O. The van der Waals surface area contributed by atoms with Crippen molar-refractivity contribution < 1.29 is 4.79 Å². The lowest BCUT2D eigenvalue weighted by molar-refractivity contribution is -0.119. The number of hydrogen-bond acceptors (Lipinski definition) is 2. The van der Waals surface area contributed by atoms with E-state index in [2.05, 4.69) is 12.2 Å². The molecule has 0 saturated heterocycles. The van der Waals surface area contributed by atoms with Gasteiger partial charge >= 0.3 is 0 Å². The standard InChI is InChI=1S/C13H20N2O/c1-4-5-10(3)13(16)15-12-7-6-9(2)8-11(12)14/h6-8,10H,4-5,14H2,1-3H3,(H,15,16). The number of rotatable bonds is 4. The number of nitrogens with two attached hydrogens (primary N) is 1. The monoisotopic (exact) mass is 220 g/mol. The quantitative estimate of drug-likeness (QED) is 0.766. The minimum Gasteiger partial charge on any atom is -0.397 e. The summed E-state index contributed by atoms with van der Waals surface area (Å²) in [5, 5.41) is 2.86. The molecule has 3 nitrogen and oxygen atoms in total. The summed E-state index contributed by atoms with van der Waals surface area (Å²) in [5.41, 5.74) is 8.25. The molecule has 3 heteroatoms. The average molecular weight is 220 g/mol. The number of anilines is 2. The maximum atomic E-state index is 11.8. The maximum absolute atomic E-state index is 11.8. The van der Waals surface area contributed by atoms with Crippen LogP contribution < -0.4 is 11.1 Å². The summed E-state index contributed by atoms with van der Waals surface area (Å²) in [5.74, 6) is 0.0723. The Hall–Kier alpha value is -1.51. The van der Waals surface area contributed by atoms with E-state index in [1.807, 2.05) is 32.0 Å². The highest BCUT2D eigenvalue weighted by atomic mass is 16.1. The van der Waals surface area contributed by atoms with Crippen LogP contribution in [0.4, 0.5) is 11.4 Å². The fourth-order valence-corrected chi connectivity index (χ4v) is 1.62. The Bertz CT molecular complexity index is 374. The number of carbonyl (C=O) groups is 1. The minimum atomic E-state index is 0.0331. The van der Waals surface area contributed by atoms with E-state index in [0.29, 0.717) is 11.4 Å². The molecule has 1 rings (SSSR count). The highest BCUT2D eigenvalue weighted by molar-refractivity contribution is 5.95. The molecule has 0 aliphatic carbocycles. The zero-order chi connectivity index (χ0) is 12.1. The summed E-state index contributed by atoms with van der Waals surface area (Å²) >= 11 is 0. The lowest BCUT2D eigenvalue weighted by Crippen LogP contribution is -2.20. The Labute approximate surface area is 97.0 Å². The van der Waals surface area contributed by atoms with Gasteiger partial charge in [-0.3, -0.25) is 4.79 Å². The van der Waals surface area contributed by atoms with E-state index >= 15 is 0 Å². The van der Waals surface area contributed by atoms with Crippen LogP contribution in [0.1, 0.15) is 32.3 Å². The summed E-state index contributed by atoms with van der Waals surface area (Å²) in [6, 6.07) is 5.65. The number of amides is 1. The Morgan fingerprint density at radius 1 is 1.50 bits per heavy atom. The second-order valence-electron chi connectivity index (χ2n) is 4.27. The average Bonchev–Trinajstić information content (AvgIpc) is 2.22. The number of carbonyl (C=O) groups excluding carboxylic acids is 1. The number of nitrogen functional groups attached to an aromatic ring is 1. The first-order valence-electron chi connectivity index (χ1n) is 5.71. The van der Waals surface area contributed by atoms with E-state index in [9.17, 15) is 4.79 Å². The molecule has 0 bridgehead atoms. The smallest absolute Gasteiger partial charge is 0.227 e. The van der Waals surface area contributed by atoms with E-state index < -0.39 is 0 Å². The summed E-state index contributed by atoms with van der Waals surface area (Å²) in [4.78, 5) is 11.8. The van der Waals surface area contributed by atoms with Crippen LogP contribution in [0.5, 0.6) is 0 Å². The molecule has 3 N–H and O–H groups in total. The molecule has 0 aliphatic heterocycles. The molecule has 1 atom stereocenters. The van der Waals surface area contributed by atoms with Crippen LogP contribution in [0.3, 0.4) is 0 Å². The van der Waals surface area contributed by atoms with Crippen LogP contribution in [0.2, 0.25) is 0 Å². The molecule has 0 saturated carbocycles. The molecule has 0 heterocycles. The second kappa shape index (κ2) is 5.54. The molecule has 1 aromatic carbocycles. The first kappa shape index (κ1) is 12.6. The van der Waals surface area contributed by atoms with Gasteiger partial charge in [0.1, 0.15) is 0 Å². The molecule has 1 amide bonds. The van der Waals surface area contributed by atoms with Gasteiger partial charge < -0.3 is 11.1 Å². The van der Waals surface area contributed by atoms with Crippen LogP contribution in [0, 0.1) is 12.8 Å². The first-order chi connectivity index (χ1) is 7.54. The molecule has 1 aromatic rings. The van der Waals surface area contributed by atoms with E-state index in [-0.39, 0.29) is 11.8 Å². The topological polar surface area (TPSA) is 55.1 Å². The molecule has 0 fully saturated rings. The lowest BCUT2D eigenvalue weighted by Gasteiger charge is -2.13. The maximum Gasteiger partial charge on any atom is 0.227 e. The Morgan fingerprint density at radius 2 is 2.19 bits per heavy atom. The van der Waals surface area contributed by atoms with E-state index in [1.165, 1.54) is 0 Å². The van der Waals surface area contributed by atoms with E-state index in [4.69, 9.17) is 5.73 Å². The van der Waals surface area contributed by atoms with Gasteiger partial charge in [0.15, 0.2) is 0 Å². The third kappa shape index (κ3) is 3.26. The summed E-state index contributed by atoms with van der Waals surface area (Å²) in [7, 11) is 0. The van der Waals surface area contributed by atoms with Gasteiger partial charge in [0.25, 0.3) is 0 Å². The van der Waals surface area contributed by atoms with Gasteiger partial charge in [0, 0.05) is 5.92 Å². The third-order valence-corrected chi connectivity index (χ3v) is 2.63. The molecule has 0 spiro atoms. The summed E-state index contributed by atoms with van der Waals surface area (Å²) in [6.07, 6.45) is 1.91. The van der Waals surface area contributed by atoms with Crippen molar-refractivity contribution >= 4 is 17.3 Å². The first-order valence-corrected chi connectivity index (χ1v) is 5.71. The Morgan fingerprint density at radius 3 is 2.75 bits per heavy atom. The molecule has 16 heavy (non-hydrogen) atoms. The van der Waals surface area contributed by atoms with Crippen molar-refractivity contribution in [3.8, 4) is 0 Å². The molecular weight excluding hydrogens is 200 g/mol. The SMILES string of the molecule is CCCC(C)C(=O)Nc1ccc(C)cc1N. The van der Waals surface area contributed by atoms with Crippen LogP contribution in [-0.4, -0.2) is 5.91 Å². The van der Waals surface area contributed by atoms with Crippen molar-refractivity contribution in [2.45, 2.75) is 33.6 Å². The number of nitrogens with one attached hydrogen (secondary N) is 1. The third-order valence-electron chi connectivity index (χ3n) is 2.63. The molecule has 88 valence electrons. The predicted molar refractivity (Wildman–Crippen MR) is 68.3 cm³/mol. The van der Waals surface area contributed by atoms with Gasteiger partial charge in [-0.2, -0.15) is 0 Å². The largest absolute Gasteiger partial charge is 0.397 e. The van der Waals surface area contributed by atoms with Crippen LogP contribution in [0.15, 0.2) is 18.2 Å². The van der Waals surface area contributed by atoms with Crippen molar-refractivity contribution in [1.82, 2.24) is 0 Å². The fourth-order valence-electron chi connectivity index (χ4n) is 1.62. The normalized spacial score (nSPS) is 12.2. The van der Waals surface area contributed by atoms with Gasteiger partial charge in [0.2, 0.25) is 5.91 Å². The lowest BCUT2D eigenvalue weighted by atomic mass is 10.1. The van der Waals surface area contributed by atoms with Gasteiger partial charge in [0.05, 0.1) is 11.4 Å². The minimum absolute atomic E-state index is 0.0331. The molecule has 0 aliphatic rings. The summed E-state index contributed by atoms with van der Waals surface area (Å²) < 4.78 is 0. The van der Waals surface area contributed by atoms with Crippen molar-refractivity contribution in [2.75, 3.05) is 11.1 Å². The zero-order valence-electron chi connectivity index (χ0n) is 10.2. The van der Waals surface area contributed by atoms with Crippen LogP contribution >= 0.6 is 0 Å². The zero-order valence-corrected chi connectivity index (χ0v) is 10.2. The summed E-state index contributed by atoms with van der Waals surface area (Å²) in [6.45, 7) is 5.98. The van der Waals surface area contributed by atoms with Crippen molar-refractivity contribution in [2.24, 2.45) is 5.92 Å². The molecule has 0 aromatic heterocycles.